The number of amides is 2. The molecule has 3 aromatic rings. The van der Waals surface area contributed by atoms with Gasteiger partial charge in [-0.05, 0) is 97.2 Å². The van der Waals surface area contributed by atoms with Gasteiger partial charge in [-0.3, -0.25) is 0 Å². The van der Waals surface area contributed by atoms with Gasteiger partial charge in [0.2, 0.25) is 0 Å². The van der Waals surface area contributed by atoms with Crippen LogP contribution in [0.5, 0.6) is 0 Å². The third-order valence-corrected chi connectivity index (χ3v) is 11.9. The fourth-order valence-corrected chi connectivity index (χ4v) is 9.77. The van der Waals surface area contributed by atoms with Crippen LogP contribution >= 0.6 is 11.8 Å². The molecule has 1 aliphatic heterocycles. The van der Waals surface area contributed by atoms with Crippen molar-refractivity contribution in [3.63, 3.8) is 0 Å². The zero-order valence-electron chi connectivity index (χ0n) is 26.8. The van der Waals surface area contributed by atoms with E-state index in [1.165, 1.54) is 19.3 Å². The summed E-state index contributed by atoms with van der Waals surface area (Å²) in [5.41, 5.74) is 4.02. The van der Waals surface area contributed by atoms with Crippen molar-refractivity contribution < 1.29 is 29.3 Å². The predicted molar refractivity (Wildman–Crippen MR) is 180 cm³/mol. The number of aliphatic hydroxyl groups is 1. The number of rotatable bonds is 10. The van der Waals surface area contributed by atoms with Crippen molar-refractivity contribution in [1.82, 2.24) is 10.6 Å². The first-order valence-corrected chi connectivity index (χ1v) is 17.9. The van der Waals surface area contributed by atoms with Crippen LogP contribution in [0.15, 0.2) is 77.7 Å². The van der Waals surface area contributed by atoms with E-state index in [-0.39, 0.29) is 41.9 Å². The van der Waals surface area contributed by atoms with Crippen LogP contribution in [0.25, 0.3) is 0 Å². The molecular weight excluding hydrogens is 612 g/mol. The fraction of sp³-hybridized carbons (Fsp3) is 0.474. The molecule has 47 heavy (non-hydrogen) atoms. The number of carbonyl (C=O) groups is 2. The normalized spacial score (nSPS) is 31.0. The van der Waals surface area contributed by atoms with E-state index in [2.05, 4.69) is 17.6 Å². The van der Waals surface area contributed by atoms with Gasteiger partial charge in [0.15, 0.2) is 6.29 Å². The average Bonchev–Trinajstić information content (AvgIpc) is 3.06. The number of carboxylic acids is 1. The molecule has 8 nitrogen and oxygen atoms in total. The average molecular weight is 657 g/mol. The Labute approximate surface area is 280 Å². The number of hydrogen-bond donors (Lipinski definition) is 4. The quantitative estimate of drug-likeness (QED) is 0.170. The molecule has 248 valence electrons. The van der Waals surface area contributed by atoms with Crippen molar-refractivity contribution in [2.45, 2.75) is 87.5 Å². The summed E-state index contributed by atoms with van der Waals surface area (Å²) in [6.45, 7) is 2.56. The van der Waals surface area contributed by atoms with Crippen LogP contribution in [-0.2, 0) is 22.6 Å². The van der Waals surface area contributed by atoms with Gasteiger partial charge in [0, 0.05) is 34.2 Å². The first kappa shape index (κ1) is 32.2. The first-order chi connectivity index (χ1) is 22.8. The Kier molecular flexibility index (Phi) is 9.33. The second kappa shape index (κ2) is 13.6. The van der Waals surface area contributed by atoms with Gasteiger partial charge >= 0.3 is 12.0 Å². The Morgan fingerprint density at radius 1 is 0.830 bits per heavy atom. The summed E-state index contributed by atoms with van der Waals surface area (Å²) >= 11 is 1.63. The molecule has 4 aliphatic carbocycles. The second-order valence-electron chi connectivity index (χ2n) is 14.2. The van der Waals surface area contributed by atoms with E-state index >= 15 is 0 Å². The molecule has 0 spiro atoms. The number of nitrogens with one attached hydrogen (secondary N) is 2. The molecule has 4 atom stereocenters. The van der Waals surface area contributed by atoms with Gasteiger partial charge in [0.1, 0.15) is 0 Å². The summed E-state index contributed by atoms with van der Waals surface area (Å²) in [6, 6.07) is 22.7. The molecule has 9 heteroatoms. The van der Waals surface area contributed by atoms with E-state index in [9.17, 15) is 19.8 Å². The molecule has 0 aromatic heterocycles. The van der Waals surface area contributed by atoms with E-state index in [0.717, 1.165) is 64.2 Å². The van der Waals surface area contributed by atoms with Crippen LogP contribution in [-0.4, -0.2) is 39.6 Å². The first-order valence-electron chi connectivity index (χ1n) is 16.9. The zero-order valence-corrected chi connectivity index (χ0v) is 27.6. The number of urea groups is 1. The lowest BCUT2D eigenvalue weighted by Crippen LogP contribution is -2.61. The summed E-state index contributed by atoms with van der Waals surface area (Å²) in [5.74, 6) is 2.11. The van der Waals surface area contributed by atoms with Crippen molar-refractivity contribution in [2.75, 3.05) is 5.75 Å². The highest BCUT2D eigenvalue weighted by Gasteiger charge is 2.51. The summed E-state index contributed by atoms with van der Waals surface area (Å²) in [6.07, 6.45) is 6.47. The molecule has 5 aliphatic rings. The van der Waals surface area contributed by atoms with E-state index in [4.69, 9.17) is 9.47 Å². The predicted octanol–water partition coefficient (Wildman–Crippen LogP) is 7.23. The summed E-state index contributed by atoms with van der Waals surface area (Å²) < 4.78 is 13.2. The van der Waals surface area contributed by atoms with Crippen LogP contribution in [0.3, 0.4) is 0 Å². The monoisotopic (exact) mass is 656 g/mol. The van der Waals surface area contributed by atoms with Gasteiger partial charge in [-0.1, -0.05) is 55.5 Å². The molecule has 4 N–H and O–H groups in total. The van der Waals surface area contributed by atoms with E-state index in [0.29, 0.717) is 12.3 Å². The molecule has 4 saturated carbocycles. The highest BCUT2D eigenvalue weighted by atomic mass is 32.2. The van der Waals surface area contributed by atoms with Crippen molar-refractivity contribution in [1.29, 1.82) is 0 Å². The number of benzene rings is 3. The maximum Gasteiger partial charge on any atom is 0.335 e. The molecule has 0 radical (unpaired) electrons. The van der Waals surface area contributed by atoms with E-state index < -0.39 is 12.3 Å². The Hall–Kier alpha value is -3.37. The molecule has 1 saturated heterocycles. The summed E-state index contributed by atoms with van der Waals surface area (Å²) in [5, 5.41) is 25.3. The van der Waals surface area contributed by atoms with Gasteiger partial charge in [-0.2, -0.15) is 0 Å². The molecule has 8 rings (SSSR count). The Morgan fingerprint density at radius 3 is 2.02 bits per heavy atom. The minimum Gasteiger partial charge on any atom is -0.478 e. The number of hydrogen-bond acceptors (Lipinski definition) is 6. The number of carboxylic acid groups (broad SMARTS) is 1. The third-order valence-electron chi connectivity index (χ3n) is 10.8. The maximum atomic E-state index is 13.0. The minimum atomic E-state index is -0.941. The van der Waals surface area contributed by atoms with Crippen molar-refractivity contribution in [2.24, 2.45) is 23.7 Å². The lowest BCUT2D eigenvalue weighted by atomic mass is 9.53. The number of thioether (sulfide) groups is 1. The summed E-state index contributed by atoms with van der Waals surface area (Å²) in [4.78, 5) is 25.2. The molecule has 4 bridgehead atoms. The van der Waals surface area contributed by atoms with Crippen LogP contribution in [0, 0.1) is 23.7 Å². The van der Waals surface area contributed by atoms with Gasteiger partial charge in [0.25, 0.3) is 0 Å². The van der Waals surface area contributed by atoms with Crippen molar-refractivity contribution in [3.05, 3.63) is 101 Å². The lowest BCUT2D eigenvalue weighted by Gasteiger charge is -2.56. The largest absolute Gasteiger partial charge is 0.478 e. The van der Waals surface area contributed by atoms with Crippen LogP contribution in [0.1, 0.15) is 90.5 Å². The number of carbonyl (C=O) groups excluding carboxylic acids is 1. The Bertz CT molecular complexity index is 1530. The molecule has 5 fully saturated rings. The number of aliphatic hydroxyl groups excluding tert-OH is 1. The van der Waals surface area contributed by atoms with E-state index in [1.807, 2.05) is 60.7 Å². The van der Waals surface area contributed by atoms with E-state index in [1.54, 1.807) is 23.9 Å². The van der Waals surface area contributed by atoms with Gasteiger partial charge in [-0.25, -0.2) is 9.59 Å². The topological polar surface area (TPSA) is 117 Å². The second-order valence-corrected chi connectivity index (χ2v) is 15.3. The van der Waals surface area contributed by atoms with Crippen LogP contribution < -0.4 is 10.6 Å². The summed E-state index contributed by atoms with van der Waals surface area (Å²) in [7, 11) is 0. The molecule has 2 amide bonds. The van der Waals surface area contributed by atoms with Gasteiger partial charge in [-0.15, -0.1) is 11.8 Å². The van der Waals surface area contributed by atoms with Gasteiger partial charge < -0.3 is 30.3 Å². The Morgan fingerprint density at radius 2 is 1.43 bits per heavy atom. The Balaban J connectivity index is 1.00. The zero-order chi connectivity index (χ0) is 32.5. The third kappa shape index (κ3) is 7.23. The standard InChI is InChI=1S/C38H44N2O6S/c1-23-33(22-47-32-12-10-30(11-13-32)35(42)43)45-36(46-34(23)29-6-4-25(21-41)5-7-29)31-8-2-24(3-9-31)20-39-37(44)40-38-17-26-14-27(18-38)16-28(15-26)19-38/h2-13,23,26-28,33-34,36,41H,14-22H2,1H3,(H,42,43)(H2,39,40,44)/t23-,26?,27?,28?,33+,34+,36+,38?/m1/s1. The highest BCUT2D eigenvalue weighted by molar-refractivity contribution is 7.99. The minimum absolute atomic E-state index is 0.0127. The lowest BCUT2D eigenvalue weighted by molar-refractivity contribution is -0.268. The molecule has 3 aromatic carbocycles. The van der Waals surface area contributed by atoms with Crippen LogP contribution in [0.4, 0.5) is 4.79 Å². The molecular formula is C38H44N2O6S. The number of aromatic carboxylic acids is 1. The molecule has 0 unspecified atom stereocenters. The van der Waals surface area contributed by atoms with Crippen molar-refractivity contribution in [3.8, 4) is 0 Å². The SMILES string of the molecule is C[C@@H]1[C@H](CSc2ccc(C(=O)O)cc2)O[C@H](c2ccc(CNC(=O)NC34CC5CC(CC(C5)C3)C4)cc2)O[C@@H]1c1ccc(CO)cc1. The highest BCUT2D eigenvalue weighted by Crippen LogP contribution is 2.55. The maximum absolute atomic E-state index is 13.0. The van der Waals surface area contributed by atoms with Crippen molar-refractivity contribution >= 4 is 23.8 Å². The van der Waals surface area contributed by atoms with Crippen LogP contribution in [0.2, 0.25) is 0 Å². The molecule has 1 heterocycles. The number of ether oxygens (including phenoxy) is 2. The smallest absolute Gasteiger partial charge is 0.335 e. The van der Waals surface area contributed by atoms with Gasteiger partial charge in [0.05, 0.1) is 24.4 Å². The fourth-order valence-electron chi connectivity index (χ4n) is 8.71.